The van der Waals surface area contributed by atoms with Gasteiger partial charge in [-0.15, -0.1) is 0 Å². The van der Waals surface area contributed by atoms with E-state index < -0.39 is 11.9 Å². The van der Waals surface area contributed by atoms with Crippen molar-refractivity contribution in [3.8, 4) is 5.88 Å². The number of ether oxygens (including phenoxy) is 2. The molecule has 0 aliphatic carbocycles. The van der Waals surface area contributed by atoms with E-state index in [4.69, 9.17) is 9.47 Å². The zero-order valence-electron chi connectivity index (χ0n) is 9.30. The van der Waals surface area contributed by atoms with Crippen molar-refractivity contribution in [3.05, 3.63) is 23.4 Å². The summed E-state index contributed by atoms with van der Waals surface area (Å²) in [6.07, 6.45) is 0.696. The molecule has 1 aromatic heterocycles. The monoisotopic (exact) mass is 225 g/mol. The summed E-state index contributed by atoms with van der Waals surface area (Å²) in [5, 5.41) is 20.1. The van der Waals surface area contributed by atoms with Gasteiger partial charge >= 0.3 is 0 Å². The fourth-order valence-electron chi connectivity index (χ4n) is 1.99. The highest BCUT2D eigenvalue weighted by atomic mass is 16.6. The van der Waals surface area contributed by atoms with Crippen molar-refractivity contribution in [1.29, 1.82) is 0 Å². The number of fused-ring (bicyclic) bond motifs is 1. The zero-order valence-corrected chi connectivity index (χ0v) is 9.30. The minimum Gasteiger partial charge on any atom is -0.481 e. The summed E-state index contributed by atoms with van der Waals surface area (Å²) in [4.78, 5) is 4.04. The van der Waals surface area contributed by atoms with Crippen LogP contribution >= 0.6 is 0 Å². The molecule has 0 radical (unpaired) electrons. The highest BCUT2D eigenvalue weighted by Gasteiger charge is 2.42. The Morgan fingerprint density at radius 2 is 2.44 bits per heavy atom. The fraction of sp³-hybridized carbons (Fsp3) is 0.545. The summed E-state index contributed by atoms with van der Waals surface area (Å²) in [6.45, 7) is 1.98. The third-order valence-electron chi connectivity index (χ3n) is 3.01. The Hall–Kier alpha value is -1.17. The predicted octanol–water partition coefficient (Wildman–Crippen LogP) is 0.536. The number of aromatic nitrogens is 1. The number of nitrogens with zero attached hydrogens (tertiary/aromatic N) is 1. The fourth-order valence-corrected chi connectivity index (χ4v) is 1.99. The van der Waals surface area contributed by atoms with E-state index in [9.17, 15) is 10.2 Å². The van der Waals surface area contributed by atoms with Gasteiger partial charge in [0, 0.05) is 17.3 Å². The van der Waals surface area contributed by atoms with Gasteiger partial charge in [0.1, 0.15) is 5.60 Å². The topological polar surface area (TPSA) is 71.8 Å². The molecule has 0 saturated carbocycles. The molecule has 0 spiro atoms. The molecule has 2 heterocycles. The van der Waals surface area contributed by atoms with Crippen LogP contribution in [0.4, 0.5) is 0 Å². The van der Waals surface area contributed by atoms with Gasteiger partial charge < -0.3 is 19.7 Å². The maximum Gasteiger partial charge on any atom is 0.218 e. The van der Waals surface area contributed by atoms with Crippen molar-refractivity contribution < 1.29 is 19.7 Å². The number of hydrogen-bond acceptors (Lipinski definition) is 5. The Bertz CT molecular complexity index is 396. The molecule has 0 bridgehead atoms. The van der Waals surface area contributed by atoms with Crippen molar-refractivity contribution in [2.75, 3.05) is 7.11 Å². The first-order valence-corrected chi connectivity index (χ1v) is 5.18. The van der Waals surface area contributed by atoms with Crippen LogP contribution in [0.25, 0.3) is 0 Å². The quantitative estimate of drug-likeness (QED) is 0.768. The van der Waals surface area contributed by atoms with Gasteiger partial charge in [-0.3, -0.25) is 0 Å². The second-order valence-electron chi connectivity index (χ2n) is 3.79. The largest absolute Gasteiger partial charge is 0.481 e. The Balaban J connectivity index is 2.57. The predicted molar refractivity (Wildman–Crippen MR) is 55.8 cm³/mol. The molecule has 0 fully saturated rings. The molecule has 2 N–H and O–H groups in total. The number of hydrogen-bond donors (Lipinski definition) is 2. The second kappa shape index (κ2) is 4.01. The minimum atomic E-state index is -1.39. The van der Waals surface area contributed by atoms with Crippen LogP contribution < -0.4 is 4.74 Å². The number of methoxy groups -OCH3 is 1. The summed E-state index contributed by atoms with van der Waals surface area (Å²) in [5.41, 5.74) is -0.0654. The van der Waals surface area contributed by atoms with Crippen molar-refractivity contribution in [2.24, 2.45) is 0 Å². The number of rotatable bonds is 2. The summed E-state index contributed by atoms with van der Waals surface area (Å²) >= 11 is 0. The molecule has 0 saturated heterocycles. The van der Waals surface area contributed by atoms with E-state index in [2.05, 4.69) is 4.98 Å². The Labute approximate surface area is 93.7 Å². The van der Waals surface area contributed by atoms with Gasteiger partial charge in [-0.1, -0.05) is 6.92 Å². The van der Waals surface area contributed by atoms with Gasteiger partial charge in [0.05, 0.1) is 13.7 Å². The SMILES string of the molecule is CC[C@@]1(O)c2ccnc(OC)c2CO[C@H]1O. The molecular formula is C11H15NO4. The van der Waals surface area contributed by atoms with E-state index >= 15 is 0 Å². The standard InChI is InChI=1S/C11H15NO4/c1-3-11(14)8-4-5-12-9(15-2)7(8)6-16-10(11)13/h4-5,10,13-14H,3,6H2,1-2H3/t10-,11-/m1/s1. The van der Waals surface area contributed by atoms with Crippen molar-refractivity contribution >= 4 is 0 Å². The molecule has 1 aliphatic rings. The summed E-state index contributed by atoms with van der Waals surface area (Å²) < 4.78 is 10.2. The maximum atomic E-state index is 10.4. The second-order valence-corrected chi connectivity index (χ2v) is 3.79. The summed E-state index contributed by atoms with van der Waals surface area (Å²) in [5.74, 6) is 0.427. The molecule has 16 heavy (non-hydrogen) atoms. The molecule has 1 aliphatic heterocycles. The van der Waals surface area contributed by atoms with Gasteiger partial charge in [-0.2, -0.15) is 0 Å². The zero-order chi connectivity index (χ0) is 11.8. The van der Waals surface area contributed by atoms with Crippen molar-refractivity contribution in [2.45, 2.75) is 31.8 Å². The van der Waals surface area contributed by atoms with E-state index in [-0.39, 0.29) is 6.61 Å². The van der Waals surface area contributed by atoms with Gasteiger partial charge in [0.15, 0.2) is 6.29 Å². The lowest BCUT2D eigenvalue weighted by Gasteiger charge is -2.37. The van der Waals surface area contributed by atoms with E-state index in [0.717, 1.165) is 0 Å². The van der Waals surface area contributed by atoms with Crippen LogP contribution in [0.15, 0.2) is 12.3 Å². The van der Waals surface area contributed by atoms with Gasteiger partial charge in [0.2, 0.25) is 5.88 Å². The number of aliphatic hydroxyl groups excluding tert-OH is 1. The average Bonchev–Trinajstić information content (AvgIpc) is 2.33. The summed E-state index contributed by atoms with van der Waals surface area (Å²) in [6, 6.07) is 1.69. The van der Waals surface area contributed by atoms with Crippen LogP contribution in [0.2, 0.25) is 0 Å². The van der Waals surface area contributed by atoms with E-state index in [0.29, 0.717) is 23.4 Å². The van der Waals surface area contributed by atoms with Gasteiger partial charge in [-0.05, 0) is 12.5 Å². The molecule has 2 rings (SSSR count). The molecule has 0 amide bonds. The molecule has 5 heteroatoms. The molecule has 0 aromatic carbocycles. The highest BCUT2D eigenvalue weighted by Crippen LogP contribution is 2.39. The normalized spacial score (nSPS) is 28.6. The Morgan fingerprint density at radius 1 is 1.69 bits per heavy atom. The lowest BCUT2D eigenvalue weighted by molar-refractivity contribution is -0.236. The van der Waals surface area contributed by atoms with Crippen LogP contribution in [0.3, 0.4) is 0 Å². The average molecular weight is 225 g/mol. The van der Waals surface area contributed by atoms with Crippen LogP contribution in [0, 0.1) is 0 Å². The maximum absolute atomic E-state index is 10.4. The first kappa shape index (κ1) is 11.3. The minimum absolute atomic E-state index is 0.190. The Morgan fingerprint density at radius 3 is 3.06 bits per heavy atom. The van der Waals surface area contributed by atoms with Gasteiger partial charge in [-0.25, -0.2) is 4.98 Å². The molecule has 1 aromatic rings. The van der Waals surface area contributed by atoms with Crippen molar-refractivity contribution in [1.82, 2.24) is 4.98 Å². The van der Waals surface area contributed by atoms with Gasteiger partial charge in [0.25, 0.3) is 0 Å². The third-order valence-corrected chi connectivity index (χ3v) is 3.01. The molecule has 5 nitrogen and oxygen atoms in total. The number of pyridine rings is 1. The molecule has 0 unspecified atom stereocenters. The van der Waals surface area contributed by atoms with E-state index in [1.165, 1.54) is 7.11 Å². The molecule has 88 valence electrons. The smallest absolute Gasteiger partial charge is 0.218 e. The first-order valence-electron chi connectivity index (χ1n) is 5.18. The lowest BCUT2D eigenvalue weighted by Crippen LogP contribution is -2.44. The third kappa shape index (κ3) is 1.48. The van der Waals surface area contributed by atoms with Crippen LogP contribution in [-0.2, 0) is 16.9 Å². The lowest BCUT2D eigenvalue weighted by atomic mass is 9.86. The van der Waals surface area contributed by atoms with Crippen LogP contribution in [0.1, 0.15) is 24.5 Å². The number of aliphatic hydroxyl groups is 2. The highest BCUT2D eigenvalue weighted by molar-refractivity contribution is 5.39. The van der Waals surface area contributed by atoms with Crippen LogP contribution in [0.5, 0.6) is 5.88 Å². The first-order chi connectivity index (χ1) is 7.63. The summed E-state index contributed by atoms with van der Waals surface area (Å²) in [7, 11) is 1.51. The van der Waals surface area contributed by atoms with Crippen LogP contribution in [-0.4, -0.2) is 28.6 Å². The van der Waals surface area contributed by atoms with E-state index in [1.807, 2.05) is 0 Å². The van der Waals surface area contributed by atoms with E-state index in [1.54, 1.807) is 19.2 Å². The Kier molecular flexibility index (Phi) is 2.84. The van der Waals surface area contributed by atoms with Crippen molar-refractivity contribution in [3.63, 3.8) is 0 Å². The molecular weight excluding hydrogens is 210 g/mol. The molecule has 2 atom stereocenters.